The van der Waals surface area contributed by atoms with Crippen LogP contribution in [0.4, 0.5) is 18.9 Å². The summed E-state index contributed by atoms with van der Waals surface area (Å²) < 4.78 is 60.9. The predicted octanol–water partition coefficient (Wildman–Crippen LogP) is 4.06. The average molecular weight is 463 g/mol. The van der Waals surface area contributed by atoms with Gasteiger partial charge in [0.2, 0.25) is 11.7 Å². The summed E-state index contributed by atoms with van der Waals surface area (Å²) in [6.07, 6.45) is -4.74. The first-order valence-electron chi connectivity index (χ1n) is 9.89. The summed E-state index contributed by atoms with van der Waals surface area (Å²) in [6, 6.07) is 7.67. The van der Waals surface area contributed by atoms with E-state index in [1.807, 2.05) is 0 Å². The molecular formula is C23H20F3NO6. The Morgan fingerprint density at radius 1 is 1.00 bits per heavy atom. The van der Waals surface area contributed by atoms with Crippen molar-refractivity contribution >= 4 is 17.6 Å². The van der Waals surface area contributed by atoms with Gasteiger partial charge in [0, 0.05) is 18.0 Å². The van der Waals surface area contributed by atoms with Crippen LogP contribution in [0.2, 0.25) is 0 Å². The first kappa shape index (κ1) is 22.5. The monoisotopic (exact) mass is 463 g/mol. The number of amides is 1. The molecule has 1 amide bonds. The van der Waals surface area contributed by atoms with E-state index in [2.05, 4.69) is 0 Å². The molecule has 2 heterocycles. The largest absolute Gasteiger partial charge is 0.493 e. The molecule has 0 N–H and O–H groups in total. The predicted molar refractivity (Wildman–Crippen MR) is 110 cm³/mol. The van der Waals surface area contributed by atoms with Crippen molar-refractivity contribution in [1.29, 1.82) is 0 Å². The minimum Gasteiger partial charge on any atom is -0.493 e. The van der Waals surface area contributed by atoms with E-state index >= 15 is 0 Å². The number of hydrogen-bond donors (Lipinski definition) is 0. The van der Waals surface area contributed by atoms with Crippen LogP contribution < -0.4 is 19.1 Å². The summed E-state index contributed by atoms with van der Waals surface area (Å²) in [4.78, 5) is 27.0. The Bertz CT molecular complexity index is 1130. The number of hydrogen-bond acceptors (Lipinski definition) is 6. The van der Waals surface area contributed by atoms with Crippen molar-refractivity contribution in [3.8, 4) is 17.2 Å². The van der Waals surface area contributed by atoms with E-state index in [1.54, 1.807) is 12.1 Å². The molecule has 0 radical (unpaired) electrons. The molecule has 0 saturated carbocycles. The van der Waals surface area contributed by atoms with Crippen LogP contribution in [0, 0.1) is 0 Å². The Morgan fingerprint density at radius 2 is 1.67 bits per heavy atom. The van der Waals surface area contributed by atoms with Crippen LogP contribution in [0.5, 0.6) is 17.2 Å². The second kappa shape index (κ2) is 8.34. The Balaban J connectivity index is 1.84. The van der Waals surface area contributed by atoms with Crippen LogP contribution in [-0.2, 0) is 20.5 Å². The van der Waals surface area contributed by atoms with E-state index in [9.17, 15) is 22.8 Å². The van der Waals surface area contributed by atoms with E-state index in [4.69, 9.17) is 18.9 Å². The van der Waals surface area contributed by atoms with E-state index in [1.165, 1.54) is 33.5 Å². The number of anilines is 1. The standard InChI is InChI=1S/C23H20F3NO6/c1-30-17-7-12(8-18(31-2)21(17)32-3)15-10-19(28)27(16-11-33-22(29)20(15)16)14-6-4-5-13(9-14)23(24,25)26/h4-9,15H,10-11H2,1-3H3/t15-/m0/s1. The molecular weight excluding hydrogens is 443 g/mol. The molecule has 33 heavy (non-hydrogen) atoms. The summed E-state index contributed by atoms with van der Waals surface area (Å²) in [5.74, 6) is -0.766. The fourth-order valence-corrected chi connectivity index (χ4v) is 4.16. The molecule has 10 heteroatoms. The number of benzene rings is 2. The summed E-state index contributed by atoms with van der Waals surface area (Å²) in [5.41, 5.74) is 0.0967. The first-order chi connectivity index (χ1) is 15.7. The topological polar surface area (TPSA) is 74.3 Å². The van der Waals surface area contributed by atoms with E-state index in [-0.39, 0.29) is 30.0 Å². The number of rotatable bonds is 5. The number of esters is 1. The van der Waals surface area contributed by atoms with Crippen LogP contribution in [0.1, 0.15) is 23.5 Å². The van der Waals surface area contributed by atoms with Gasteiger partial charge in [-0.1, -0.05) is 6.07 Å². The minimum atomic E-state index is -4.58. The average Bonchev–Trinajstić information content (AvgIpc) is 3.18. The number of alkyl halides is 3. The van der Waals surface area contributed by atoms with Gasteiger partial charge >= 0.3 is 12.1 Å². The maximum Gasteiger partial charge on any atom is 0.416 e. The van der Waals surface area contributed by atoms with Gasteiger partial charge in [0.25, 0.3) is 0 Å². The first-order valence-corrected chi connectivity index (χ1v) is 9.89. The molecule has 0 aliphatic carbocycles. The zero-order valence-electron chi connectivity index (χ0n) is 18.0. The maximum atomic E-state index is 13.2. The molecule has 7 nitrogen and oxygen atoms in total. The molecule has 0 saturated heterocycles. The fourth-order valence-electron chi connectivity index (χ4n) is 4.16. The molecule has 2 aromatic rings. The van der Waals surface area contributed by atoms with Gasteiger partial charge < -0.3 is 18.9 Å². The molecule has 0 spiro atoms. The lowest BCUT2D eigenvalue weighted by Gasteiger charge is -2.32. The second-order valence-electron chi connectivity index (χ2n) is 7.43. The Morgan fingerprint density at radius 3 is 2.24 bits per heavy atom. The normalized spacial score (nSPS) is 18.2. The summed E-state index contributed by atoms with van der Waals surface area (Å²) in [7, 11) is 4.33. The number of ether oxygens (including phenoxy) is 4. The van der Waals surface area contributed by atoms with Crippen molar-refractivity contribution in [2.75, 3.05) is 32.8 Å². The molecule has 0 unspecified atom stereocenters. The highest BCUT2D eigenvalue weighted by Crippen LogP contribution is 2.47. The highest BCUT2D eigenvalue weighted by atomic mass is 19.4. The Hall–Kier alpha value is -3.69. The number of carbonyl (C=O) groups excluding carboxylic acids is 2. The molecule has 0 aromatic heterocycles. The van der Waals surface area contributed by atoms with Gasteiger partial charge in [-0.25, -0.2) is 4.79 Å². The van der Waals surface area contributed by atoms with Crippen LogP contribution in [0.15, 0.2) is 47.7 Å². The molecule has 2 aliphatic rings. The number of halogens is 3. The van der Waals surface area contributed by atoms with E-state index < -0.39 is 29.5 Å². The van der Waals surface area contributed by atoms with Crippen LogP contribution in [0.3, 0.4) is 0 Å². The summed E-state index contributed by atoms with van der Waals surface area (Å²) in [6.45, 7) is -0.225. The zero-order valence-corrected chi connectivity index (χ0v) is 18.0. The number of nitrogens with zero attached hydrogens (tertiary/aromatic N) is 1. The maximum absolute atomic E-state index is 13.2. The van der Waals surface area contributed by atoms with Gasteiger partial charge in [0.1, 0.15) is 6.61 Å². The van der Waals surface area contributed by atoms with Gasteiger partial charge in [-0.05, 0) is 35.9 Å². The summed E-state index contributed by atoms with van der Waals surface area (Å²) >= 11 is 0. The van der Waals surface area contributed by atoms with Crippen LogP contribution in [-0.4, -0.2) is 39.8 Å². The van der Waals surface area contributed by atoms with Crippen LogP contribution >= 0.6 is 0 Å². The van der Waals surface area contributed by atoms with E-state index in [0.717, 1.165) is 17.0 Å². The Labute approximate surface area is 187 Å². The number of methoxy groups -OCH3 is 3. The molecule has 0 fully saturated rings. The smallest absolute Gasteiger partial charge is 0.416 e. The third kappa shape index (κ3) is 3.85. The molecule has 174 valence electrons. The molecule has 2 aliphatic heterocycles. The number of carbonyl (C=O) groups is 2. The highest BCUT2D eigenvalue weighted by molar-refractivity contribution is 6.06. The van der Waals surface area contributed by atoms with Crippen molar-refractivity contribution in [2.45, 2.75) is 18.5 Å². The van der Waals surface area contributed by atoms with Crippen molar-refractivity contribution in [1.82, 2.24) is 0 Å². The van der Waals surface area contributed by atoms with Gasteiger partial charge in [-0.3, -0.25) is 9.69 Å². The van der Waals surface area contributed by atoms with Gasteiger partial charge in [-0.15, -0.1) is 0 Å². The second-order valence-corrected chi connectivity index (χ2v) is 7.43. The minimum absolute atomic E-state index is 0.0176. The SMILES string of the molecule is COc1cc([C@@H]2CC(=O)N(c3cccc(C(F)(F)F)c3)C3=C2C(=O)OC3)cc(OC)c1OC. The lowest BCUT2D eigenvalue weighted by Crippen LogP contribution is -2.37. The van der Waals surface area contributed by atoms with Crippen molar-refractivity contribution in [2.24, 2.45) is 0 Å². The molecule has 4 rings (SSSR count). The third-order valence-electron chi connectivity index (χ3n) is 5.64. The third-order valence-corrected chi connectivity index (χ3v) is 5.64. The van der Waals surface area contributed by atoms with Gasteiger partial charge in [0.15, 0.2) is 11.5 Å². The zero-order chi connectivity index (χ0) is 23.9. The highest BCUT2D eigenvalue weighted by Gasteiger charge is 2.44. The molecule has 1 atom stereocenters. The number of cyclic esters (lactones) is 1. The van der Waals surface area contributed by atoms with Gasteiger partial charge in [-0.2, -0.15) is 13.2 Å². The van der Waals surface area contributed by atoms with Gasteiger partial charge in [0.05, 0.1) is 38.2 Å². The van der Waals surface area contributed by atoms with Crippen LogP contribution in [0.25, 0.3) is 0 Å². The van der Waals surface area contributed by atoms with Crippen molar-refractivity contribution in [3.63, 3.8) is 0 Å². The lowest BCUT2D eigenvalue weighted by molar-refractivity contribution is -0.138. The quantitative estimate of drug-likeness (QED) is 0.623. The summed E-state index contributed by atoms with van der Waals surface area (Å²) in [5, 5.41) is 0. The Kier molecular flexibility index (Phi) is 5.69. The van der Waals surface area contributed by atoms with Crippen molar-refractivity contribution < 1.29 is 41.7 Å². The molecule has 2 aromatic carbocycles. The lowest BCUT2D eigenvalue weighted by atomic mass is 9.83. The molecule has 0 bridgehead atoms. The van der Waals surface area contributed by atoms with E-state index in [0.29, 0.717) is 22.8 Å². The fraction of sp³-hybridized carbons (Fsp3) is 0.304. The van der Waals surface area contributed by atoms with Crippen molar-refractivity contribution in [3.05, 3.63) is 58.8 Å².